The van der Waals surface area contributed by atoms with Gasteiger partial charge < -0.3 is 35.8 Å². The summed E-state index contributed by atoms with van der Waals surface area (Å²) in [6.45, 7) is 3.20. The molecule has 282 valence electrons. The quantitative estimate of drug-likeness (QED) is 0.0747. The van der Waals surface area contributed by atoms with Crippen LogP contribution in [0.4, 0.5) is 0 Å². The van der Waals surface area contributed by atoms with Crippen LogP contribution >= 0.6 is 0 Å². The molecule has 0 aliphatic carbocycles. The second kappa shape index (κ2) is 22.5. The third kappa shape index (κ3) is 14.3. The molecule has 0 fully saturated rings. The number of hydrogen-bond acceptors (Lipinski definition) is 9. The van der Waals surface area contributed by atoms with E-state index in [2.05, 4.69) is 41.7 Å². The van der Waals surface area contributed by atoms with Gasteiger partial charge in [0.2, 0.25) is 0 Å². The van der Waals surface area contributed by atoms with Crippen LogP contribution in [0.2, 0.25) is 0 Å². The summed E-state index contributed by atoms with van der Waals surface area (Å²) in [6, 6.07) is 35.1. The molecule has 0 aliphatic rings. The monoisotopic (exact) mass is 726 g/mol. The number of carbonyl (C=O) groups is 4. The molecule has 53 heavy (non-hydrogen) atoms. The number of ether oxygens (including phenoxy) is 2. The average molecular weight is 727 g/mol. The summed E-state index contributed by atoms with van der Waals surface area (Å²) < 4.78 is 9.89. The van der Waals surface area contributed by atoms with Crippen LogP contribution in [-0.4, -0.2) is 77.6 Å². The van der Waals surface area contributed by atoms with Crippen LogP contribution in [-0.2, 0) is 41.5 Å². The van der Waals surface area contributed by atoms with Gasteiger partial charge in [-0.3, -0.25) is 14.4 Å². The van der Waals surface area contributed by atoms with E-state index in [0.29, 0.717) is 25.9 Å². The maximum absolute atomic E-state index is 12.0. The topological polar surface area (TPSA) is 185 Å². The number of aliphatic hydroxyl groups excluding tert-OH is 2. The Morgan fingerprint density at radius 1 is 0.604 bits per heavy atom. The van der Waals surface area contributed by atoms with Crippen LogP contribution in [0.3, 0.4) is 0 Å². The van der Waals surface area contributed by atoms with Crippen LogP contribution in [0.1, 0.15) is 37.8 Å². The largest absolute Gasteiger partial charge is 0.474 e. The van der Waals surface area contributed by atoms with Gasteiger partial charge in [-0.2, -0.15) is 0 Å². The SMILES string of the molecule is CCOC(=O)[C@H](CO)C[C@@H](Cc1ccc(-c2ccccc2)cc1)NC(=O)C(=O)O.CCOC(=O)[C@H](CO)C[C@H](N)Cc1ccc(-c2ccccc2)cc1. The van der Waals surface area contributed by atoms with Gasteiger partial charge in [0.1, 0.15) is 0 Å². The number of carboxylic acids is 1. The van der Waals surface area contributed by atoms with Crippen LogP contribution in [0.5, 0.6) is 0 Å². The zero-order valence-electron chi connectivity index (χ0n) is 30.2. The molecule has 4 aromatic rings. The maximum atomic E-state index is 12.0. The van der Waals surface area contributed by atoms with Crippen molar-refractivity contribution in [1.29, 1.82) is 0 Å². The molecule has 0 saturated heterocycles. The highest BCUT2D eigenvalue weighted by atomic mass is 16.5. The molecule has 0 saturated carbocycles. The van der Waals surface area contributed by atoms with Crippen molar-refractivity contribution in [1.82, 2.24) is 5.32 Å². The van der Waals surface area contributed by atoms with E-state index in [1.165, 1.54) is 5.56 Å². The Bertz CT molecular complexity index is 1700. The first-order valence-corrected chi connectivity index (χ1v) is 17.7. The van der Waals surface area contributed by atoms with Crippen molar-refractivity contribution in [3.05, 3.63) is 120 Å². The Balaban J connectivity index is 0.000000290. The number of benzene rings is 4. The lowest BCUT2D eigenvalue weighted by molar-refractivity contribution is -0.151. The zero-order chi connectivity index (χ0) is 38.6. The first-order valence-electron chi connectivity index (χ1n) is 17.7. The summed E-state index contributed by atoms with van der Waals surface area (Å²) in [5.41, 5.74) is 12.6. The minimum Gasteiger partial charge on any atom is -0.474 e. The minimum absolute atomic E-state index is 0.0643. The van der Waals surface area contributed by atoms with E-state index in [4.69, 9.17) is 20.3 Å². The smallest absolute Gasteiger partial charge is 0.394 e. The molecule has 0 aromatic heterocycles. The number of esters is 2. The zero-order valence-corrected chi connectivity index (χ0v) is 30.2. The maximum Gasteiger partial charge on any atom is 0.394 e. The summed E-state index contributed by atoms with van der Waals surface area (Å²) in [5.74, 6) is -5.12. The molecular formula is C42H50N2O9. The minimum atomic E-state index is -1.61. The number of hydrogen-bond donors (Lipinski definition) is 5. The van der Waals surface area contributed by atoms with E-state index >= 15 is 0 Å². The lowest BCUT2D eigenvalue weighted by Crippen LogP contribution is -2.43. The van der Waals surface area contributed by atoms with Crippen molar-refractivity contribution in [2.24, 2.45) is 17.6 Å². The summed E-state index contributed by atoms with van der Waals surface area (Å²) >= 11 is 0. The van der Waals surface area contributed by atoms with Gasteiger partial charge in [0.05, 0.1) is 38.3 Å². The van der Waals surface area contributed by atoms with Crippen molar-refractivity contribution in [3.63, 3.8) is 0 Å². The second-order valence-electron chi connectivity index (χ2n) is 12.5. The fourth-order valence-corrected chi connectivity index (χ4v) is 5.76. The number of aliphatic carboxylic acids is 1. The number of rotatable bonds is 17. The lowest BCUT2D eigenvalue weighted by Gasteiger charge is -2.22. The van der Waals surface area contributed by atoms with Gasteiger partial charge in [0, 0.05) is 12.1 Å². The summed E-state index contributed by atoms with van der Waals surface area (Å²) in [5, 5.41) is 30.2. The summed E-state index contributed by atoms with van der Waals surface area (Å²) in [4.78, 5) is 46.3. The van der Waals surface area contributed by atoms with E-state index in [1.54, 1.807) is 13.8 Å². The van der Waals surface area contributed by atoms with Crippen molar-refractivity contribution < 1.29 is 44.0 Å². The fraction of sp³-hybridized carbons (Fsp3) is 0.333. The Morgan fingerprint density at radius 2 is 1.00 bits per heavy atom. The highest BCUT2D eigenvalue weighted by Crippen LogP contribution is 2.22. The number of carbonyl (C=O) groups excluding carboxylic acids is 3. The van der Waals surface area contributed by atoms with E-state index in [1.807, 2.05) is 72.8 Å². The van der Waals surface area contributed by atoms with Crippen molar-refractivity contribution in [2.75, 3.05) is 26.4 Å². The Kier molecular flexibility index (Phi) is 17.9. The van der Waals surface area contributed by atoms with E-state index in [9.17, 15) is 29.4 Å². The second-order valence-corrected chi connectivity index (χ2v) is 12.5. The van der Waals surface area contributed by atoms with Crippen molar-refractivity contribution in [3.8, 4) is 22.3 Å². The molecule has 0 aliphatic heterocycles. The van der Waals surface area contributed by atoms with Crippen LogP contribution in [0.15, 0.2) is 109 Å². The van der Waals surface area contributed by atoms with E-state index in [-0.39, 0.29) is 31.6 Å². The Hall–Kier alpha value is -5.36. The van der Waals surface area contributed by atoms with Crippen LogP contribution in [0, 0.1) is 11.8 Å². The highest BCUT2D eigenvalue weighted by molar-refractivity contribution is 6.31. The summed E-state index contributed by atoms with van der Waals surface area (Å²) in [6.07, 6.45) is 1.44. The first-order chi connectivity index (χ1) is 25.6. The molecule has 0 heterocycles. The predicted molar refractivity (Wildman–Crippen MR) is 202 cm³/mol. The van der Waals surface area contributed by atoms with Gasteiger partial charge >= 0.3 is 23.8 Å². The number of amides is 1. The highest BCUT2D eigenvalue weighted by Gasteiger charge is 2.27. The normalized spacial score (nSPS) is 12.9. The standard InChI is InChI=1S/C22H25NO6.C20H25NO3/c1-2-29-22(28)18(14-24)13-19(23-20(25)21(26)27)12-15-8-10-17(11-9-15)16-6-4-3-5-7-16;1-2-24-20(23)18(14-22)13-19(21)12-15-8-10-17(11-9-15)16-6-4-3-5-7-16/h3-11,18-19,24H,2,12-14H2,1H3,(H,23,25)(H,26,27);3-11,18-19,22H,2,12-14,21H2,1H3/t2*18-,19+/m00/s1. The Labute approximate surface area is 310 Å². The Morgan fingerprint density at radius 3 is 1.40 bits per heavy atom. The first kappa shape index (κ1) is 42.1. The molecule has 6 N–H and O–H groups in total. The molecule has 0 spiro atoms. The molecule has 4 rings (SSSR count). The fourth-order valence-electron chi connectivity index (χ4n) is 5.76. The molecular weight excluding hydrogens is 676 g/mol. The third-order valence-electron chi connectivity index (χ3n) is 8.47. The summed E-state index contributed by atoms with van der Waals surface area (Å²) in [7, 11) is 0. The van der Waals surface area contributed by atoms with Gasteiger partial charge in [0.25, 0.3) is 0 Å². The number of carboxylic acid groups (broad SMARTS) is 1. The van der Waals surface area contributed by atoms with Gasteiger partial charge in [0.15, 0.2) is 0 Å². The van der Waals surface area contributed by atoms with Gasteiger partial charge in [-0.05, 0) is 72.9 Å². The number of nitrogens with two attached hydrogens (primary N) is 1. The van der Waals surface area contributed by atoms with Crippen molar-refractivity contribution in [2.45, 2.75) is 51.6 Å². The van der Waals surface area contributed by atoms with E-state index < -0.39 is 42.3 Å². The van der Waals surface area contributed by atoms with Gasteiger partial charge in [-0.1, -0.05) is 109 Å². The predicted octanol–water partition coefficient (Wildman–Crippen LogP) is 4.81. The third-order valence-corrected chi connectivity index (χ3v) is 8.47. The van der Waals surface area contributed by atoms with E-state index in [0.717, 1.165) is 27.8 Å². The number of aliphatic hydroxyl groups is 2. The molecule has 11 heteroatoms. The van der Waals surface area contributed by atoms with Crippen molar-refractivity contribution >= 4 is 23.8 Å². The molecule has 4 atom stereocenters. The average Bonchev–Trinajstić information content (AvgIpc) is 3.17. The number of nitrogens with one attached hydrogen (secondary N) is 1. The molecule has 4 aromatic carbocycles. The van der Waals surface area contributed by atoms with Gasteiger partial charge in [-0.15, -0.1) is 0 Å². The van der Waals surface area contributed by atoms with Gasteiger partial charge in [-0.25, -0.2) is 4.79 Å². The van der Waals surface area contributed by atoms with Crippen LogP contribution in [0.25, 0.3) is 22.3 Å². The molecule has 0 bridgehead atoms. The lowest BCUT2D eigenvalue weighted by atomic mass is 9.94. The van der Waals surface area contributed by atoms with Crippen LogP contribution < -0.4 is 11.1 Å². The molecule has 11 nitrogen and oxygen atoms in total. The molecule has 0 radical (unpaired) electrons. The molecule has 0 unspecified atom stereocenters. The molecule has 1 amide bonds.